The van der Waals surface area contributed by atoms with Gasteiger partial charge in [0.15, 0.2) is 11.6 Å². The second-order valence-electron chi connectivity index (χ2n) is 8.29. The van der Waals surface area contributed by atoms with E-state index in [1.807, 2.05) is 30.6 Å². The number of carbonyl (C=O) groups is 1. The zero-order valence-corrected chi connectivity index (χ0v) is 18.9. The van der Waals surface area contributed by atoms with Gasteiger partial charge in [0.25, 0.3) is 0 Å². The Morgan fingerprint density at radius 3 is 2.62 bits per heavy atom. The lowest BCUT2D eigenvalue weighted by atomic mass is 9.89. The Balaban J connectivity index is 1.42. The van der Waals surface area contributed by atoms with E-state index in [2.05, 4.69) is 33.9 Å². The van der Waals surface area contributed by atoms with Gasteiger partial charge in [0.2, 0.25) is 0 Å². The first-order valence-corrected chi connectivity index (χ1v) is 10.9. The van der Waals surface area contributed by atoms with Crippen molar-refractivity contribution in [3.63, 3.8) is 0 Å². The molecule has 6 heteroatoms. The third-order valence-corrected chi connectivity index (χ3v) is 5.94. The van der Waals surface area contributed by atoms with Crippen LogP contribution in [0.3, 0.4) is 0 Å². The van der Waals surface area contributed by atoms with Crippen molar-refractivity contribution < 1.29 is 14.3 Å². The number of ketones is 1. The van der Waals surface area contributed by atoms with Gasteiger partial charge in [-0.3, -0.25) is 9.69 Å². The third-order valence-electron chi connectivity index (χ3n) is 5.94. The number of hydrogen-bond donors (Lipinski definition) is 0. The Morgan fingerprint density at radius 2 is 1.91 bits per heavy atom. The molecule has 1 aliphatic heterocycles. The lowest BCUT2D eigenvalue weighted by Gasteiger charge is -2.32. The third kappa shape index (κ3) is 4.97. The highest BCUT2D eigenvalue weighted by Gasteiger charge is 2.28. The fourth-order valence-corrected chi connectivity index (χ4v) is 4.26. The van der Waals surface area contributed by atoms with E-state index in [-0.39, 0.29) is 11.7 Å². The van der Waals surface area contributed by atoms with Crippen LogP contribution in [0.5, 0.6) is 11.5 Å². The number of nitrogens with zero attached hydrogens (tertiary/aromatic N) is 3. The van der Waals surface area contributed by atoms with Gasteiger partial charge in [-0.25, -0.2) is 9.97 Å². The van der Waals surface area contributed by atoms with E-state index in [0.717, 1.165) is 42.9 Å². The molecule has 0 N–H and O–H groups in total. The second-order valence-corrected chi connectivity index (χ2v) is 8.29. The van der Waals surface area contributed by atoms with Crippen LogP contribution in [0.1, 0.15) is 34.3 Å². The Kier molecular flexibility index (Phi) is 6.81. The van der Waals surface area contributed by atoms with E-state index in [0.29, 0.717) is 23.6 Å². The van der Waals surface area contributed by atoms with Gasteiger partial charge >= 0.3 is 0 Å². The lowest BCUT2D eigenvalue weighted by Crippen LogP contribution is -2.38. The van der Waals surface area contributed by atoms with Crippen molar-refractivity contribution in [2.45, 2.75) is 26.3 Å². The number of aryl methyl sites for hydroxylation is 1. The summed E-state index contributed by atoms with van der Waals surface area (Å²) in [6.07, 6.45) is 5.65. The molecule has 1 fully saturated rings. The van der Waals surface area contributed by atoms with Gasteiger partial charge in [0.05, 0.1) is 19.8 Å². The molecule has 1 saturated heterocycles. The monoisotopic (exact) mass is 431 g/mol. The second kappa shape index (κ2) is 9.92. The van der Waals surface area contributed by atoms with E-state index in [9.17, 15) is 4.79 Å². The van der Waals surface area contributed by atoms with Crippen LogP contribution in [0.15, 0.2) is 54.9 Å². The number of methoxy groups -OCH3 is 2. The molecule has 6 nitrogen and oxygen atoms in total. The summed E-state index contributed by atoms with van der Waals surface area (Å²) in [7, 11) is 3.19. The molecule has 2 aromatic carbocycles. The number of benzene rings is 2. The van der Waals surface area contributed by atoms with E-state index in [1.165, 1.54) is 5.56 Å². The van der Waals surface area contributed by atoms with Gasteiger partial charge in [-0.15, -0.1) is 0 Å². The number of aromatic nitrogens is 2. The van der Waals surface area contributed by atoms with E-state index >= 15 is 0 Å². The molecule has 0 bridgehead atoms. The number of hydrogen-bond acceptors (Lipinski definition) is 6. The fourth-order valence-electron chi connectivity index (χ4n) is 4.26. The zero-order valence-electron chi connectivity index (χ0n) is 18.9. The van der Waals surface area contributed by atoms with Crippen LogP contribution in [0.25, 0.3) is 11.4 Å². The SMILES string of the molecule is COc1ccc(C(=O)C2CCCN(Cc3cnc(-c4cccc(C)c4)nc3)C2)c(OC)c1. The minimum Gasteiger partial charge on any atom is -0.497 e. The Morgan fingerprint density at radius 1 is 1.09 bits per heavy atom. The highest BCUT2D eigenvalue weighted by atomic mass is 16.5. The quantitative estimate of drug-likeness (QED) is 0.511. The Bertz CT molecular complexity index is 1080. The molecule has 1 aliphatic rings. The molecule has 2 heterocycles. The fraction of sp³-hybridized carbons (Fsp3) is 0.346. The summed E-state index contributed by atoms with van der Waals surface area (Å²) in [5.41, 5.74) is 3.88. The Hall–Kier alpha value is -3.25. The first-order chi connectivity index (χ1) is 15.6. The predicted octanol–water partition coefficient (Wildman–Crippen LogP) is 4.56. The topological polar surface area (TPSA) is 64.5 Å². The molecular weight excluding hydrogens is 402 g/mol. The molecule has 0 spiro atoms. The van der Waals surface area contributed by atoms with Crippen LogP contribution in [0.4, 0.5) is 0 Å². The van der Waals surface area contributed by atoms with E-state index in [4.69, 9.17) is 9.47 Å². The predicted molar refractivity (Wildman–Crippen MR) is 124 cm³/mol. The maximum absolute atomic E-state index is 13.2. The van der Waals surface area contributed by atoms with Gasteiger partial charge in [0.1, 0.15) is 11.5 Å². The summed E-state index contributed by atoms with van der Waals surface area (Å²) in [6.45, 7) is 4.47. The summed E-state index contributed by atoms with van der Waals surface area (Å²) < 4.78 is 10.7. The Labute approximate surface area is 189 Å². The number of ether oxygens (including phenoxy) is 2. The van der Waals surface area contributed by atoms with Crippen LogP contribution < -0.4 is 9.47 Å². The summed E-state index contributed by atoms with van der Waals surface area (Å²) in [4.78, 5) is 24.7. The summed E-state index contributed by atoms with van der Waals surface area (Å²) >= 11 is 0. The average Bonchev–Trinajstić information content (AvgIpc) is 2.84. The first kappa shape index (κ1) is 22.0. The van der Waals surface area contributed by atoms with E-state index < -0.39 is 0 Å². The minimum absolute atomic E-state index is 0.0569. The molecule has 0 aliphatic carbocycles. The van der Waals surface area contributed by atoms with Gasteiger partial charge in [-0.2, -0.15) is 0 Å². The van der Waals surface area contributed by atoms with Crippen molar-refractivity contribution in [1.29, 1.82) is 0 Å². The lowest BCUT2D eigenvalue weighted by molar-refractivity contribution is 0.0808. The minimum atomic E-state index is -0.0569. The van der Waals surface area contributed by atoms with Gasteiger partial charge < -0.3 is 9.47 Å². The van der Waals surface area contributed by atoms with Crippen LogP contribution in [-0.2, 0) is 6.54 Å². The van der Waals surface area contributed by atoms with Crippen molar-refractivity contribution in [2.75, 3.05) is 27.3 Å². The summed E-state index contributed by atoms with van der Waals surface area (Å²) in [5.74, 6) is 2.04. The molecule has 32 heavy (non-hydrogen) atoms. The first-order valence-electron chi connectivity index (χ1n) is 10.9. The van der Waals surface area contributed by atoms with Gasteiger partial charge in [-0.1, -0.05) is 23.8 Å². The zero-order chi connectivity index (χ0) is 22.5. The molecule has 0 amide bonds. The normalized spacial score (nSPS) is 16.5. The van der Waals surface area contributed by atoms with Crippen LogP contribution in [0, 0.1) is 12.8 Å². The molecule has 4 rings (SSSR count). The number of rotatable bonds is 7. The van der Waals surface area contributed by atoms with Crippen molar-refractivity contribution in [1.82, 2.24) is 14.9 Å². The molecule has 0 saturated carbocycles. The smallest absolute Gasteiger partial charge is 0.170 e. The number of Topliss-reactive ketones (excluding diaryl/α,β-unsaturated/α-hetero) is 1. The van der Waals surface area contributed by atoms with Crippen LogP contribution in [-0.4, -0.2) is 48.0 Å². The highest BCUT2D eigenvalue weighted by Crippen LogP contribution is 2.30. The summed E-state index contributed by atoms with van der Waals surface area (Å²) in [6, 6.07) is 13.6. The molecule has 166 valence electrons. The van der Waals surface area contributed by atoms with Crippen molar-refractivity contribution in [3.8, 4) is 22.9 Å². The average molecular weight is 432 g/mol. The van der Waals surface area contributed by atoms with Crippen molar-refractivity contribution in [2.24, 2.45) is 5.92 Å². The number of piperidine rings is 1. The number of carbonyl (C=O) groups excluding carboxylic acids is 1. The van der Waals surface area contributed by atoms with Gasteiger partial charge in [-0.05, 0) is 44.5 Å². The largest absolute Gasteiger partial charge is 0.497 e. The van der Waals surface area contributed by atoms with Gasteiger partial charge in [0, 0.05) is 48.6 Å². The summed E-state index contributed by atoms with van der Waals surface area (Å²) in [5, 5.41) is 0. The molecule has 1 atom stereocenters. The molecule has 1 aromatic heterocycles. The molecule has 3 aromatic rings. The maximum Gasteiger partial charge on any atom is 0.170 e. The maximum atomic E-state index is 13.2. The van der Waals surface area contributed by atoms with E-state index in [1.54, 1.807) is 26.4 Å². The molecule has 1 unspecified atom stereocenters. The highest BCUT2D eigenvalue weighted by molar-refractivity contribution is 6.00. The van der Waals surface area contributed by atoms with Crippen LogP contribution in [0.2, 0.25) is 0 Å². The molecule has 0 radical (unpaired) electrons. The van der Waals surface area contributed by atoms with Crippen LogP contribution >= 0.6 is 0 Å². The van der Waals surface area contributed by atoms with Crippen molar-refractivity contribution >= 4 is 5.78 Å². The standard InChI is InChI=1S/C26H29N3O3/c1-18-6-4-7-20(12-18)26-27-14-19(15-28-26)16-29-11-5-8-21(17-29)25(30)23-10-9-22(31-2)13-24(23)32-3/h4,6-7,9-10,12-15,21H,5,8,11,16-17H2,1-3H3. The van der Waals surface area contributed by atoms with Crippen molar-refractivity contribution in [3.05, 3.63) is 71.5 Å². The number of likely N-dealkylation sites (tertiary alicyclic amines) is 1. The molecular formula is C26H29N3O3.